The second-order valence-corrected chi connectivity index (χ2v) is 7.51. The van der Waals surface area contributed by atoms with Crippen molar-refractivity contribution in [2.45, 2.75) is 31.7 Å². The summed E-state index contributed by atoms with van der Waals surface area (Å²) in [7, 11) is 0. The molecule has 2 heterocycles. The highest BCUT2D eigenvalue weighted by Crippen LogP contribution is 2.41. The molecule has 1 atom stereocenters. The molecule has 1 saturated carbocycles. The van der Waals surface area contributed by atoms with Gasteiger partial charge in [-0.05, 0) is 44.2 Å². The number of thiophene rings is 1. The third kappa shape index (κ3) is 2.56. The van der Waals surface area contributed by atoms with Crippen molar-refractivity contribution in [3.05, 3.63) is 21.3 Å². The monoisotopic (exact) mass is 312 g/mol. The largest absolute Gasteiger partial charge is 0.340 e. The Bertz CT molecular complexity index is 555. The predicted molar refractivity (Wildman–Crippen MR) is 78.9 cm³/mol. The van der Waals surface area contributed by atoms with Crippen LogP contribution >= 0.6 is 22.9 Å². The SMILES string of the molecule is CC1(C2CC2)NC(=O)CN(CCc2ccc(Cl)s2)C1=O. The van der Waals surface area contributed by atoms with Crippen LogP contribution in [0.3, 0.4) is 0 Å². The highest BCUT2D eigenvalue weighted by atomic mass is 35.5. The third-order valence-corrected chi connectivity index (χ3v) is 5.41. The molecule has 108 valence electrons. The summed E-state index contributed by atoms with van der Waals surface area (Å²) in [6.07, 6.45) is 2.80. The number of carbonyl (C=O) groups excluding carboxylic acids is 2. The number of hydrogen-bond acceptors (Lipinski definition) is 3. The third-order valence-electron chi connectivity index (χ3n) is 4.12. The van der Waals surface area contributed by atoms with Crippen LogP contribution in [0.4, 0.5) is 0 Å². The molecule has 1 saturated heterocycles. The average Bonchev–Trinajstić information content (AvgIpc) is 3.17. The first-order chi connectivity index (χ1) is 9.49. The van der Waals surface area contributed by atoms with Gasteiger partial charge in [-0.2, -0.15) is 0 Å². The van der Waals surface area contributed by atoms with Gasteiger partial charge in [-0.3, -0.25) is 9.59 Å². The van der Waals surface area contributed by atoms with Crippen molar-refractivity contribution in [1.82, 2.24) is 10.2 Å². The lowest BCUT2D eigenvalue weighted by Gasteiger charge is -2.40. The van der Waals surface area contributed by atoms with Crippen LogP contribution in [0.2, 0.25) is 4.34 Å². The summed E-state index contributed by atoms with van der Waals surface area (Å²) >= 11 is 7.43. The molecule has 4 nitrogen and oxygen atoms in total. The Morgan fingerprint density at radius 2 is 2.20 bits per heavy atom. The summed E-state index contributed by atoms with van der Waals surface area (Å²) in [6, 6.07) is 3.84. The molecule has 3 rings (SSSR count). The highest BCUT2D eigenvalue weighted by Gasteiger charge is 2.52. The van der Waals surface area contributed by atoms with E-state index in [1.807, 2.05) is 19.1 Å². The second-order valence-electron chi connectivity index (χ2n) is 5.71. The molecule has 0 aromatic carbocycles. The molecule has 1 aliphatic carbocycles. The number of amides is 2. The van der Waals surface area contributed by atoms with Gasteiger partial charge in [0.2, 0.25) is 11.8 Å². The maximum atomic E-state index is 12.6. The summed E-state index contributed by atoms with van der Waals surface area (Å²) < 4.78 is 0.755. The topological polar surface area (TPSA) is 49.4 Å². The summed E-state index contributed by atoms with van der Waals surface area (Å²) in [5.74, 6) is 0.309. The Morgan fingerprint density at radius 3 is 2.80 bits per heavy atom. The molecule has 1 unspecified atom stereocenters. The highest BCUT2D eigenvalue weighted by molar-refractivity contribution is 7.16. The van der Waals surface area contributed by atoms with Gasteiger partial charge in [-0.15, -0.1) is 11.3 Å². The number of carbonyl (C=O) groups is 2. The quantitative estimate of drug-likeness (QED) is 0.925. The van der Waals surface area contributed by atoms with Gasteiger partial charge >= 0.3 is 0 Å². The number of nitrogens with one attached hydrogen (secondary N) is 1. The molecule has 2 aliphatic rings. The molecule has 0 bridgehead atoms. The fourth-order valence-corrected chi connectivity index (χ4v) is 3.88. The Hall–Kier alpha value is -1.07. The van der Waals surface area contributed by atoms with Crippen molar-refractivity contribution in [3.8, 4) is 0 Å². The van der Waals surface area contributed by atoms with E-state index in [0.717, 1.165) is 28.5 Å². The zero-order chi connectivity index (χ0) is 14.3. The van der Waals surface area contributed by atoms with E-state index in [2.05, 4.69) is 5.32 Å². The van der Waals surface area contributed by atoms with Crippen LogP contribution in [0.5, 0.6) is 0 Å². The van der Waals surface area contributed by atoms with E-state index < -0.39 is 5.54 Å². The van der Waals surface area contributed by atoms with Gasteiger partial charge < -0.3 is 10.2 Å². The van der Waals surface area contributed by atoms with Crippen molar-refractivity contribution >= 4 is 34.8 Å². The van der Waals surface area contributed by atoms with Crippen LogP contribution in [-0.4, -0.2) is 35.3 Å². The Balaban J connectivity index is 1.68. The molecule has 1 N–H and O–H groups in total. The zero-order valence-corrected chi connectivity index (χ0v) is 12.9. The van der Waals surface area contributed by atoms with E-state index in [0.29, 0.717) is 12.5 Å². The second kappa shape index (κ2) is 5.04. The molecular formula is C14H17ClN2O2S. The van der Waals surface area contributed by atoms with E-state index in [1.165, 1.54) is 11.3 Å². The van der Waals surface area contributed by atoms with Gasteiger partial charge in [0.1, 0.15) is 5.54 Å². The van der Waals surface area contributed by atoms with Gasteiger partial charge in [0.25, 0.3) is 0 Å². The molecule has 0 spiro atoms. The van der Waals surface area contributed by atoms with Crippen LogP contribution in [-0.2, 0) is 16.0 Å². The Labute approximate surface area is 127 Å². The molecule has 0 radical (unpaired) electrons. The lowest BCUT2D eigenvalue weighted by atomic mass is 9.91. The molecule has 1 aromatic heterocycles. The first kappa shape index (κ1) is 13.9. The number of halogens is 1. The van der Waals surface area contributed by atoms with Crippen LogP contribution in [0.15, 0.2) is 12.1 Å². The van der Waals surface area contributed by atoms with Crippen LogP contribution < -0.4 is 5.32 Å². The first-order valence-electron chi connectivity index (χ1n) is 6.83. The van der Waals surface area contributed by atoms with Crippen molar-refractivity contribution in [2.75, 3.05) is 13.1 Å². The van der Waals surface area contributed by atoms with Crippen LogP contribution in [0.25, 0.3) is 0 Å². The van der Waals surface area contributed by atoms with E-state index in [1.54, 1.807) is 4.90 Å². The minimum Gasteiger partial charge on any atom is -0.340 e. The minimum atomic E-state index is -0.692. The van der Waals surface area contributed by atoms with E-state index in [4.69, 9.17) is 11.6 Å². The van der Waals surface area contributed by atoms with Gasteiger partial charge in [0.15, 0.2) is 0 Å². The van der Waals surface area contributed by atoms with Gasteiger partial charge in [-0.1, -0.05) is 11.6 Å². The number of piperazine rings is 1. The van der Waals surface area contributed by atoms with Crippen LogP contribution in [0, 0.1) is 5.92 Å². The van der Waals surface area contributed by atoms with Crippen molar-refractivity contribution < 1.29 is 9.59 Å². The maximum absolute atomic E-state index is 12.6. The summed E-state index contributed by atoms with van der Waals surface area (Å²) in [4.78, 5) is 27.3. The molecule has 1 aliphatic heterocycles. The van der Waals surface area contributed by atoms with Gasteiger partial charge in [-0.25, -0.2) is 0 Å². The number of rotatable bonds is 4. The molecular weight excluding hydrogens is 296 g/mol. The van der Waals surface area contributed by atoms with Gasteiger partial charge in [0, 0.05) is 11.4 Å². The summed E-state index contributed by atoms with van der Waals surface area (Å²) in [6.45, 7) is 2.60. The fourth-order valence-electron chi connectivity index (χ4n) is 2.81. The number of hydrogen-bond donors (Lipinski definition) is 1. The maximum Gasteiger partial charge on any atom is 0.248 e. The van der Waals surface area contributed by atoms with Crippen molar-refractivity contribution in [2.24, 2.45) is 5.92 Å². The first-order valence-corrected chi connectivity index (χ1v) is 8.03. The van der Waals surface area contributed by atoms with Crippen molar-refractivity contribution in [3.63, 3.8) is 0 Å². The Morgan fingerprint density at radius 1 is 1.45 bits per heavy atom. The number of nitrogens with zero attached hydrogens (tertiary/aromatic N) is 1. The fraction of sp³-hybridized carbons (Fsp3) is 0.571. The average molecular weight is 313 g/mol. The lowest BCUT2D eigenvalue weighted by molar-refractivity contribution is -0.150. The van der Waals surface area contributed by atoms with Gasteiger partial charge in [0.05, 0.1) is 10.9 Å². The van der Waals surface area contributed by atoms with E-state index in [-0.39, 0.29) is 18.4 Å². The summed E-state index contributed by atoms with van der Waals surface area (Å²) in [5, 5.41) is 2.89. The lowest BCUT2D eigenvalue weighted by Crippen LogP contribution is -2.66. The Kier molecular flexibility index (Phi) is 3.50. The van der Waals surface area contributed by atoms with E-state index in [9.17, 15) is 9.59 Å². The molecule has 1 aromatic rings. The normalized spacial score (nSPS) is 26.8. The van der Waals surface area contributed by atoms with Crippen LogP contribution in [0.1, 0.15) is 24.6 Å². The van der Waals surface area contributed by atoms with Crippen molar-refractivity contribution in [1.29, 1.82) is 0 Å². The summed E-state index contributed by atoms with van der Waals surface area (Å²) in [5.41, 5.74) is -0.692. The van der Waals surface area contributed by atoms with E-state index >= 15 is 0 Å². The predicted octanol–water partition coefficient (Wildman–Crippen LogP) is 2.07. The zero-order valence-electron chi connectivity index (χ0n) is 11.3. The standard InChI is InChI=1S/C14H17ClN2O2S/c1-14(9-2-3-9)13(19)17(8-12(18)16-14)7-6-10-4-5-11(15)20-10/h4-5,9H,2-3,6-8H2,1H3,(H,16,18). The minimum absolute atomic E-state index is 0.0526. The molecule has 6 heteroatoms. The smallest absolute Gasteiger partial charge is 0.248 e. The molecule has 2 amide bonds. The molecule has 20 heavy (non-hydrogen) atoms. The molecule has 2 fully saturated rings.